The average Bonchev–Trinajstić information content (AvgIpc) is 3.04. The summed E-state index contributed by atoms with van der Waals surface area (Å²) < 4.78 is 70.0. The van der Waals surface area contributed by atoms with E-state index in [1.165, 1.54) is 21.1 Å². The smallest absolute Gasteiger partial charge is 0.460 e. The summed E-state index contributed by atoms with van der Waals surface area (Å²) in [6.07, 6.45) is -5.76. The molecule has 0 unspecified atom stereocenters. The van der Waals surface area contributed by atoms with Crippen LogP contribution in [0.25, 0.3) is 0 Å². The van der Waals surface area contributed by atoms with Crippen LogP contribution >= 0.6 is 11.3 Å². The molecule has 12 heteroatoms. The average molecular weight is 437 g/mol. The third kappa shape index (κ3) is 4.81. The fraction of sp³-hybridized carbons (Fsp3) is 0.353. The first-order valence-corrected chi connectivity index (χ1v) is 8.81. The number of nitrogens with zero attached hydrogens (tertiary/aromatic N) is 2. The van der Waals surface area contributed by atoms with Crippen molar-refractivity contribution in [1.82, 2.24) is 10.3 Å². The Labute approximate surface area is 166 Å². The van der Waals surface area contributed by atoms with Gasteiger partial charge in [0, 0.05) is 12.6 Å². The number of thiazole rings is 1. The zero-order valence-electron chi connectivity index (χ0n) is 15.4. The predicted octanol–water partition coefficient (Wildman–Crippen LogP) is 3.78. The zero-order valence-corrected chi connectivity index (χ0v) is 16.3. The molecule has 1 aromatic heterocycles. The van der Waals surface area contributed by atoms with Crippen LogP contribution < -0.4 is 10.1 Å². The number of oxime groups is 1. The molecule has 0 spiro atoms. The molecule has 158 valence electrons. The predicted molar refractivity (Wildman–Crippen MR) is 95.2 cm³/mol. The lowest BCUT2D eigenvalue weighted by Gasteiger charge is -2.16. The lowest BCUT2D eigenvalue weighted by Crippen LogP contribution is -2.33. The van der Waals surface area contributed by atoms with Crippen LogP contribution in [-0.4, -0.2) is 36.9 Å². The SMILES string of the molecule is CNC(=O)/C(=N/OC)c1ccccc1COc1nc(C(F)(F)C(F)(F)F)sc1C. The summed E-state index contributed by atoms with van der Waals surface area (Å²) in [7, 11) is 2.65. The van der Waals surface area contributed by atoms with Crippen LogP contribution in [0, 0.1) is 6.92 Å². The minimum Gasteiger partial charge on any atom is -0.472 e. The fourth-order valence-corrected chi connectivity index (χ4v) is 3.07. The van der Waals surface area contributed by atoms with Gasteiger partial charge in [-0.15, -0.1) is 11.3 Å². The first-order valence-electron chi connectivity index (χ1n) is 7.99. The fourth-order valence-electron chi connectivity index (χ4n) is 2.22. The maximum atomic E-state index is 13.5. The first kappa shape index (κ1) is 22.5. The number of alkyl halides is 5. The number of amides is 1. The Morgan fingerprint density at radius 3 is 2.48 bits per heavy atom. The van der Waals surface area contributed by atoms with Crippen molar-refractivity contribution in [1.29, 1.82) is 0 Å². The van der Waals surface area contributed by atoms with Gasteiger partial charge in [-0.05, 0) is 12.5 Å². The van der Waals surface area contributed by atoms with Crippen LogP contribution in [0.15, 0.2) is 29.4 Å². The molecular weight excluding hydrogens is 421 g/mol. The molecule has 29 heavy (non-hydrogen) atoms. The molecule has 0 saturated heterocycles. The number of aromatic nitrogens is 1. The number of ether oxygens (including phenoxy) is 1. The van der Waals surface area contributed by atoms with Crippen LogP contribution in [-0.2, 0) is 22.2 Å². The van der Waals surface area contributed by atoms with Crippen molar-refractivity contribution in [3.8, 4) is 5.88 Å². The highest BCUT2D eigenvalue weighted by Gasteiger charge is 2.61. The topological polar surface area (TPSA) is 72.8 Å². The first-order chi connectivity index (χ1) is 13.5. The summed E-state index contributed by atoms with van der Waals surface area (Å²) in [5.41, 5.74) is 0.694. The summed E-state index contributed by atoms with van der Waals surface area (Å²) in [6.45, 7) is 1.06. The van der Waals surface area contributed by atoms with Gasteiger partial charge in [0.25, 0.3) is 5.91 Å². The number of carbonyl (C=O) groups excluding carboxylic acids is 1. The standard InChI is InChI=1S/C17H16F5N3O3S/c1-9-14(24-15(29-9)16(18,19)17(20,21)22)28-8-10-6-4-5-7-11(10)12(25-27-3)13(26)23-2/h4-7H,8H2,1-3H3,(H,23,26)/b25-12+. The number of nitrogens with one attached hydrogen (secondary N) is 1. The minimum atomic E-state index is -5.76. The molecule has 2 aromatic rings. The minimum absolute atomic E-state index is 0.0542. The lowest BCUT2D eigenvalue weighted by molar-refractivity contribution is -0.289. The van der Waals surface area contributed by atoms with Crippen molar-refractivity contribution in [3.05, 3.63) is 45.3 Å². The van der Waals surface area contributed by atoms with Gasteiger partial charge in [-0.25, -0.2) is 0 Å². The molecule has 6 nitrogen and oxygen atoms in total. The van der Waals surface area contributed by atoms with E-state index < -0.39 is 23.0 Å². The molecule has 0 aliphatic carbocycles. The molecule has 0 fully saturated rings. The van der Waals surface area contributed by atoms with Crippen LogP contribution in [0.5, 0.6) is 5.88 Å². The van der Waals surface area contributed by atoms with E-state index >= 15 is 0 Å². The molecule has 0 bridgehead atoms. The molecule has 1 heterocycles. The highest BCUT2D eigenvalue weighted by molar-refractivity contribution is 7.12. The van der Waals surface area contributed by atoms with Crippen molar-refractivity contribution < 1.29 is 36.3 Å². The second-order valence-electron chi connectivity index (χ2n) is 5.60. The normalized spacial score (nSPS) is 12.6. The van der Waals surface area contributed by atoms with Gasteiger partial charge >= 0.3 is 12.1 Å². The zero-order chi connectivity index (χ0) is 21.8. The Morgan fingerprint density at radius 2 is 1.90 bits per heavy atom. The monoisotopic (exact) mass is 437 g/mol. The van der Waals surface area contributed by atoms with Gasteiger partial charge in [-0.3, -0.25) is 4.79 Å². The molecule has 2 rings (SSSR count). The van der Waals surface area contributed by atoms with Gasteiger partial charge in [0.05, 0.1) is 4.88 Å². The van der Waals surface area contributed by atoms with E-state index in [1.54, 1.807) is 24.3 Å². The van der Waals surface area contributed by atoms with Crippen molar-refractivity contribution >= 4 is 23.0 Å². The molecular formula is C17H16F5N3O3S. The largest absolute Gasteiger partial charge is 0.472 e. The van der Waals surface area contributed by atoms with E-state index in [9.17, 15) is 26.7 Å². The number of likely N-dealkylation sites (N-methyl/N-ethyl adjacent to an activating group) is 1. The van der Waals surface area contributed by atoms with Crippen molar-refractivity contribution in [2.75, 3.05) is 14.2 Å². The lowest BCUT2D eigenvalue weighted by atomic mass is 10.0. The quantitative estimate of drug-likeness (QED) is 0.407. The van der Waals surface area contributed by atoms with Gasteiger partial charge < -0.3 is 14.9 Å². The Morgan fingerprint density at radius 1 is 1.24 bits per heavy atom. The highest BCUT2D eigenvalue weighted by atomic mass is 32.1. The number of carbonyl (C=O) groups is 1. The third-order valence-corrected chi connectivity index (χ3v) is 4.66. The van der Waals surface area contributed by atoms with Gasteiger partial charge in [0.2, 0.25) is 5.88 Å². The van der Waals surface area contributed by atoms with E-state index in [0.717, 1.165) is 0 Å². The van der Waals surface area contributed by atoms with Crippen LogP contribution in [0.3, 0.4) is 0 Å². The van der Waals surface area contributed by atoms with E-state index in [0.29, 0.717) is 11.1 Å². The molecule has 0 aliphatic rings. The second-order valence-corrected chi connectivity index (χ2v) is 6.80. The Kier molecular flexibility index (Phi) is 6.77. The summed E-state index contributed by atoms with van der Waals surface area (Å²) in [5, 5.41) is 4.67. The van der Waals surface area contributed by atoms with Gasteiger partial charge in [-0.1, -0.05) is 29.4 Å². The molecule has 0 saturated carbocycles. The second kappa shape index (κ2) is 8.72. The highest BCUT2D eigenvalue weighted by Crippen LogP contribution is 2.46. The van der Waals surface area contributed by atoms with E-state index in [4.69, 9.17) is 4.74 Å². The van der Waals surface area contributed by atoms with E-state index in [-0.39, 0.29) is 34.4 Å². The number of hydrogen-bond acceptors (Lipinski definition) is 6. The summed E-state index contributed by atoms with van der Waals surface area (Å²) in [4.78, 5) is 20.1. The molecule has 1 N–H and O–H groups in total. The molecule has 0 aliphatic heterocycles. The molecule has 0 radical (unpaired) electrons. The molecule has 0 atom stereocenters. The number of benzene rings is 1. The maximum Gasteiger partial charge on any atom is 0.460 e. The van der Waals surface area contributed by atoms with Crippen LogP contribution in [0.4, 0.5) is 22.0 Å². The Balaban J connectivity index is 2.31. The summed E-state index contributed by atoms with van der Waals surface area (Å²) in [5.74, 6) is -5.98. The number of rotatable bonds is 7. The van der Waals surface area contributed by atoms with Crippen LogP contribution in [0.2, 0.25) is 0 Å². The third-order valence-electron chi connectivity index (χ3n) is 3.64. The Hall–Kier alpha value is -2.76. The summed E-state index contributed by atoms with van der Waals surface area (Å²) in [6, 6.07) is 6.40. The number of halogens is 5. The number of hydrogen-bond donors (Lipinski definition) is 1. The van der Waals surface area contributed by atoms with Gasteiger partial charge in [-0.2, -0.15) is 26.9 Å². The maximum absolute atomic E-state index is 13.5. The van der Waals surface area contributed by atoms with Gasteiger partial charge in [0.15, 0.2) is 10.7 Å². The van der Waals surface area contributed by atoms with E-state index in [2.05, 4.69) is 20.3 Å². The van der Waals surface area contributed by atoms with Crippen molar-refractivity contribution in [2.45, 2.75) is 25.6 Å². The van der Waals surface area contributed by atoms with Crippen molar-refractivity contribution in [2.24, 2.45) is 5.16 Å². The summed E-state index contributed by atoms with van der Waals surface area (Å²) >= 11 is 0.197. The van der Waals surface area contributed by atoms with Gasteiger partial charge in [0.1, 0.15) is 13.7 Å². The van der Waals surface area contributed by atoms with E-state index in [1.807, 2.05) is 0 Å². The molecule has 1 amide bonds. The molecule has 1 aromatic carbocycles. The van der Waals surface area contributed by atoms with Crippen molar-refractivity contribution in [3.63, 3.8) is 0 Å². The van der Waals surface area contributed by atoms with Crippen LogP contribution in [0.1, 0.15) is 21.0 Å². The Bertz CT molecular complexity index is 912. The number of aryl methyl sites for hydroxylation is 1.